The number of carbonyl (C=O) groups is 1. The Bertz CT molecular complexity index is 799. The number of hydrogen-bond donors (Lipinski definition) is 1. The molecule has 21 heavy (non-hydrogen) atoms. The highest BCUT2D eigenvalue weighted by atomic mass is 16.4. The molecule has 0 saturated carbocycles. The van der Waals surface area contributed by atoms with Gasteiger partial charge in [0.1, 0.15) is 5.58 Å². The molecule has 0 unspecified atom stereocenters. The van der Waals surface area contributed by atoms with E-state index < -0.39 is 5.97 Å². The molecule has 4 nitrogen and oxygen atoms in total. The molecule has 0 saturated heterocycles. The van der Waals surface area contributed by atoms with Crippen LogP contribution in [0.25, 0.3) is 11.0 Å². The molecule has 1 aliphatic carbocycles. The quantitative estimate of drug-likeness (QED) is 0.861. The number of aryl methyl sites for hydroxylation is 3. The number of benzene rings is 1. The highest BCUT2D eigenvalue weighted by Gasteiger charge is 2.24. The van der Waals surface area contributed by atoms with Gasteiger partial charge in [0, 0.05) is 10.9 Å². The third-order valence-corrected chi connectivity index (χ3v) is 4.38. The van der Waals surface area contributed by atoms with Crippen LogP contribution in [0.3, 0.4) is 0 Å². The van der Waals surface area contributed by atoms with Crippen molar-refractivity contribution in [3.63, 3.8) is 0 Å². The average molecular weight is 286 g/mol. The second-order valence-electron chi connectivity index (χ2n) is 5.63. The molecule has 4 heteroatoms. The van der Waals surface area contributed by atoms with Crippen molar-refractivity contribution < 1.29 is 14.3 Å². The molecule has 0 fully saturated rings. The lowest BCUT2D eigenvalue weighted by Gasteiger charge is -2.19. The van der Waals surface area contributed by atoms with E-state index >= 15 is 0 Å². The van der Waals surface area contributed by atoms with Crippen LogP contribution < -0.4 is 5.63 Å². The number of carboxylic acids is 1. The third kappa shape index (κ3) is 2.06. The van der Waals surface area contributed by atoms with Crippen LogP contribution in [0, 0.1) is 6.92 Å². The lowest BCUT2D eigenvalue weighted by Crippen LogP contribution is -2.17. The summed E-state index contributed by atoms with van der Waals surface area (Å²) in [6.45, 7) is 3.70. The summed E-state index contributed by atoms with van der Waals surface area (Å²) in [6, 6.07) is 1.69. The Labute approximate surface area is 122 Å². The minimum absolute atomic E-state index is 0.262. The van der Waals surface area contributed by atoms with Crippen molar-refractivity contribution in [2.45, 2.75) is 46.0 Å². The van der Waals surface area contributed by atoms with E-state index in [1.807, 2.05) is 6.92 Å². The van der Waals surface area contributed by atoms with Crippen molar-refractivity contribution in [3.05, 3.63) is 44.3 Å². The Morgan fingerprint density at radius 3 is 2.57 bits per heavy atom. The first-order valence-corrected chi connectivity index (χ1v) is 7.39. The zero-order chi connectivity index (χ0) is 15.1. The van der Waals surface area contributed by atoms with E-state index in [9.17, 15) is 14.7 Å². The van der Waals surface area contributed by atoms with E-state index in [4.69, 9.17) is 4.42 Å². The summed E-state index contributed by atoms with van der Waals surface area (Å²) in [5, 5.41) is 10.4. The SMILES string of the molecule is CCc1c(C(=O)O)c(C)cc2oc(=O)c3c(c12)CCCC3. The van der Waals surface area contributed by atoms with Crippen LogP contribution in [0.5, 0.6) is 0 Å². The fraction of sp³-hybridized carbons (Fsp3) is 0.412. The van der Waals surface area contributed by atoms with E-state index in [1.165, 1.54) is 0 Å². The molecule has 0 bridgehead atoms. The third-order valence-electron chi connectivity index (χ3n) is 4.38. The second kappa shape index (κ2) is 5.02. The first-order chi connectivity index (χ1) is 10.0. The summed E-state index contributed by atoms with van der Waals surface area (Å²) in [4.78, 5) is 23.7. The lowest BCUT2D eigenvalue weighted by atomic mass is 9.86. The van der Waals surface area contributed by atoms with Crippen LogP contribution >= 0.6 is 0 Å². The lowest BCUT2D eigenvalue weighted by molar-refractivity contribution is 0.0695. The molecule has 1 aromatic carbocycles. The van der Waals surface area contributed by atoms with Crippen LogP contribution in [-0.2, 0) is 19.3 Å². The molecule has 1 aliphatic rings. The Balaban J connectivity index is 2.51. The van der Waals surface area contributed by atoms with Crippen LogP contribution in [0.4, 0.5) is 0 Å². The fourth-order valence-corrected chi connectivity index (χ4v) is 3.48. The van der Waals surface area contributed by atoms with Gasteiger partial charge in [0.25, 0.3) is 0 Å². The van der Waals surface area contributed by atoms with Gasteiger partial charge in [-0.25, -0.2) is 9.59 Å². The topological polar surface area (TPSA) is 67.5 Å². The number of carboxylic acid groups (broad SMARTS) is 1. The fourth-order valence-electron chi connectivity index (χ4n) is 3.48. The highest BCUT2D eigenvalue weighted by Crippen LogP contribution is 2.33. The van der Waals surface area contributed by atoms with E-state index in [-0.39, 0.29) is 5.63 Å². The van der Waals surface area contributed by atoms with E-state index in [0.717, 1.165) is 47.8 Å². The Morgan fingerprint density at radius 1 is 1.29 bits per heavy atom. The van der Waals surface area contributed by atoms with Crippen molar-refractivity contribution in [2.24, 2.45) is 0 Å². The van der Waals surface area contributed by atoms with Gasteiger partial charge in [-0.3, -0.25) is 0 Å². The largest absolute Gasteiger partial charge is 0.478 e. The molecule has 2 aromatic rings. The maximum atomic E-state index is 12.1. The van der Waals surface area contributed by atoms with Gasteiger partial charge in [0.2, 0.25) is 0 Å². The zero-order valence-corrected chi connectivity index (χ0v) is 12.3. The minimum atomic E-state index is -0.915. The molecule has 0 spiro atoms. The van der Waals surface area contributed by atoms with Crippen molar-refractivity contribution in [3.8, 4) is 0 Å². The van der Waals surface area contributed by atoms with Gasteiger partial charge in [-0.1, -0.05) is 6.92 Å². The van der Waals surface area contributed by atoms with E-state index in [1.54, 1.807) is 13.0 Å². The van der Waals surface area contributed by atoms with Gasteiger partial charge in [-0.05, 0) is 61.8 Å². The predicted molar refractivity (Wildman–Crippen MR) is 80.2 cm³/mol. The Kier molecular flexibility index (Phi) is 3.32. The Morgan fingerprint density at radius 2 is 1.95 bits per heavy atom. The molecule has 3 rings (SSSR count). The van der Waals surface area contributed by atoms with E-state index in [2.05, 4.69) is 0 Å². The van der Waals surface area contributed by atoms with Crippen LogP contribution in [0.1, 0.15) is 52.4 Å². The van der Waals surface area contributed by atoms with Crippen LogP contribution in [-0.4, -0.2) is 11.1 Å². The van der Waals surface area contributed by atoms with Crippen molar-refractivity contribution in [1.29, 1.82) is 0 Å². The molecule has 1 heterocycles. The van der Waals surface area contributed by atoms with E-state index in [0.29, 0.717) is 23.1 Å². The van der Waals surface area contributed by atoms with Gasteiger partial charge < -0.3 is 9.52 Å². The molecule has 0 aliphatic heterocycles. The molecular weight excluding hydrogens is 268 g/mol. The van der Waals surface area contributed by atoms with Crippen molar-refractivity contribution in [2.75, 3.05) is 0 Å². The summed E-state index contributed by atoms with van der Waals surface area (Å²) in [5.74, 6) is -0.915. The van der Waals surface area contributed by atoms with Gasteiger partial charge in [-0.15, -0.1) is 0 Å². The number of hydrogen-bond acceptors (Lipinski definition) is 3. The normalized spacial score (nSPS) is 14.2. The minimum Gasteiger partial charge on any atom is -0.478 e. The first-order valence-electron chi connectivity index (χ1n) is 7.39. The molecule has 0 amide bonds. The number of aromatic carboxylic acids is 1. The summed E-state index contributed by atoms with van der Waals surface area (Å²) in [6.07, 6.45) is 4.19. The highest BCUT2D eigenvalue weighted by molar-refractivity contribution is 5.99. The molecule has 1 N–H and O–H groups in total. The molecule has 1 aromatic heterocycles. The van der Waals surface area contributed by atoms with Crippen molar-refractivity contribution in [1.82, 2.24) is 0 Å². The van der Waals surface area contributed by atoms with Crippen molar-refractivity contribution >= 4 is 16.9 Å². The average Bonchev–Trinajstić information content (AvgIpc) is 2.45. The van der Waals surface area contributed by atoms with Gasteiger partial charge in [0.15, 0.2) is 0 Å². The standard InChI is InChI=1S/C17H18O4/c1-3-10-14(16(18)19)9(2)8-13-15(10)11-6-4-5-7-12(11)17(20)21-13/h8H,3-7H2,1-2H3,(H,18,19). The molecule has 110 valence electrons. The van der Waals surface area contributed by atoms with Gasteiger partial charge in [-0.2, -0.15) is 0 Å². The maximum absolute atomic E-state index is 12.1. The van der Waals surface area contributed by atoms with Crippen LogP contribution in [0.15, 0.2) is 15.3 Å². The summed E-state index contributed by atoms with van der Waals surface area (Å²) in [7, 11) is 0. The molecular formula is C17H18O4. The van der Waals surface area contributed by atoms with Gasteiger partial charge >= 0.3 is 11.6 Å². The summed E-state index contributed by atoms with van der Waals surface area (Å²) < 4.78 is 5.47. The number of fused-ring (bicyclic) bond motifs is 3. The molecule has 0 radical (unpaired) electrons. The second-order valence-corrected chi connectivity index (χ2v) is 5.63. The van der Waals surface area contributed by atoms with Crippen LogP contribution in [0.2, 0.25) is 0 Å². The predicted octanol–water partition coefficient (Wildman–Crippen LogP) is 3.24. The zero-order valence-electron chi connectivity index (χ0n) is 12.3. The first kappa shape index (κ1) is 13.9. The molecule has 0 atom stereocenters. The monoisotopic (exact) mass is 286 g/mol. The number of rotatable bonds is 2. The Hall–Kier alpha value is -2.10. The summed E-state index contributed by atoms with van der Waals surface area (Å²) in [5.41, 5.74) is 3.80. The summed E-state index contributed by atoms with van der Waals surface area (Å²) >= 11 is 0. The maximum Gasteiger partial charge on any atom is 0.339 e. The smallest absolute Gasteiger partial charge is 0.339 e. The van der Waals surface area contributed by atoms with Gasteiger partial charge in [0.05, 0.1) is 5.56 Å².